The Morgan fingerprint density at radius 3 is 2.75 bits per heavy atom. The second kappa shape index (κ2) is 7.49. The van der Waals surface area contributed by atoms with Gasteiger partial charge in [-0.25, -0.2) is 0 Å². The lowest BCUT2D eigenvalue weighted by Crippen LogP contribution is -2.14. The van der Waals surface area contributed by atoms with E-state index in [0.29, 0.717) is 0 Å². The Morgan fingerprint density at radius 2 is 2.00 bits per heavy atom. The third-order valence-corrected chi connectivity index (χ3v) is 3.87. The molecule has 0 aliphatic rings. The van der Waals surface area contributed by atoms with Crippen molar-refractivity contribution in [3.63, 3.8) is 0 Å². The van der Waals surface area contributed by atoms with E-state index in [4.69, 9.17) is 0 Å². The molecule has 0 atom stereocenters. The molecule has 0 bridgehead atoms. The molecule has 2 rings (SSSR count). The minimum atomic E-state index is 0.758. The van der Waals surface area contributed by atoms with E-state index in [-0.39, 0.29) is 0 Å². The Balaban J connectivity index is 2.13. The first-order chi connectivity index (χ1) is 9.72. The van der Waals surface area contributed by atoms with Gasteiger partial charge in [-0.3, -0.25) is 0 Å². The van der Waals surface area contributed by atoms with Crippen molar-refractivity contribution in [3.05, 3.63) is 36.0 Å². The highest BCUT2D eigenvalue weighted by Crippen LogP contribution is 2.23. The maximum atomic E-state index is 3.41. The molecule has 1 aromatic heterocycles. The number of fused-ring (bicyclic) bond motifs is 1. The van der Waals surface area contributed by atoms with E-state index in [0.717, 1.165) is 25.6 Å². The molecule has 0 amide bonds. The fourth-order valence-electron chi connectivity index (χ4n) is 2.68. The highest BCUT2D eigenvalue weighted by molar-refractivity contribution is 5.83. The quantitative estimate of drug-likeness (QED) is 0.712. The molecule has 2 aromatic rings. The van der Waals surface area contributed by atoms with E-state index < -0.39 is 0 Å². The Morgan fingerprint density at radius 1 is 1.20 bits per heavy atom. The van der Waals surface area contributed by atoms with Crippen LogP contribution in [0.5, 0.6) is 0 Å². The van der Waals surface area contributed by atoms with Gasteiger partial charge in [0.1, 0.15) is 0 Å². The molecular weight excluding hydrogens is 244 g/mol. The second-order valence-electron chi connectivity index (χ2n) is 6.00. The number of aryl methyl sites for hydroxylation is 2. The summed E-state index contributed by atoms with van der Waals surface area (Å²) in [6, 6.07) is 8.83. The first-order valence-corrected chi connectivity index (χ1v) is 7.99. The van der Waals surface area contributed by atoms with E-state index >= 15 is 0 Å². The SMILES string of the molecule is CCNCCCc1cn(CCC(C)C)c2ccccc12. The zero-order valence-electron chi connectivity index (χ0n) is 13.2. The van der Waals surface area contributed by atoms with Gasteiger partial charge in [-0.05, 0) is 49.9 Å². The van der Waals surface area contributed by atoms with Gasteiger partial charge in [0.25, 0.3) is 0 Å². The summed E-state index contributed by atoms with van der Waals surface area (Å²) >= 11 is 0. The van der Waals surface area contributed by atoms with Gasteiger partial charge in [0.05, 0.1) is 0 Å². The molecule has 0 aliphatic heterocycles. The minimum absolute atomic E-state index is 0.758. The topological polar surface area (TPSA) is 17.0 Å². The molecule has 0 radical (unpaired) electrons. The Hall–Kier alpha value is -1.28. The van der Waals surface area contributed by atoms with Crippen molar-refractivity contribution in [2.24, 2.45) is 5.92 Å². The highest BCUT2D eigenvalue weighted by Gasteiger charge is 2.08. The molecule has 0 unspecified atom stereocenters. The lowest BCUT2D eigenvalue weighted by Gasteiger charge is -2.07. The number of para-hydroxylation sites is 1. The van der Waals surface area contributed by atoms with Gasteiger partial charge in [-0.1, -0.05) is 39.0 Å². The number of hydrogen-bond donors (Lipinski definition) is 1. The maximum absolute atomic E-state index is 3.41. The van der Waals surface area contributed by atoms with Crippen LogP contribution in [0, 0.1) is 5.92 Å². The Bertz CT molecular complexity index is 525. The number of benzene rings is 1. The van der Waals surface area contributed by atoms with Crippen LogP contribution in [0.4, 0.5) is 0 Å². The monoisotopic (exact) mass is 272 g/mol. The van der Waals surface area contributed by atoms with Crippen molar-refractivity contribution in [3.8, 4) is 0 Å². The van der Waals surface area contributed by atoms with Gasteiger partial charge in [-0.15, -0.1) is 0 Å². The molecular formula is C18H28N2. The summed E-state index contributed by atoms with van der Waals surface area (Å²) in [4.78, 5) is 0. The average Bonchev–Trinajstić information content (AvgIpc) is 2.80. The minimum Gasteiger partial charge on any atom is -0.347 e. The predicted molar refractivity (Wildman–Crippen MR) is 88.3 cm³/mol. The van der Waals surface area contributed by atoms with Crippen molar-refractivity contribution in [2.45, 2.75) is 46.6 Å². The molecule has 1 heterocycles. The molecule has 1 aromatic carbocycles. The summed E-state index contributed by atoms with van der Waals surface area (Å²) in [6.45, 7) is 10.1. The van der Waals surface area contributed by atoms with Crippen molar-refractivity contribution >= 4 is 10.9 Å². The smallest absolute Gasteiger partial charge is 0.0483 e. The van der Waals surface area contributed by atoms with E-state index in [9.17, 15) is 0 Å². The third-order valence-electron chi connectivity index (χ3n) is 3.87. The van der Waals surface area contributed by atoms with Crippen LogP contribution in [-0.2, 0) is 13.0 Å². The zero-order valence-corrected chi connectivity index (χ0v) is 13.2. The number of rotatable bonds is 8. The van der Waals surface area contributed by atoms with Gasteiger partial charge < -0.3 is 9.88 Å². The third kappa shape index (κ3) is 3.86. The summed E-state index contributed by atoms with van der Waals surface area (Å²) in [5.41, 5.74) is 2.90. The Kier molecular flexibility index (Phi) is 5.66. The number of aromatic nitrogens is 1. The average molecular weight is 272 g/mol. The molecule has 20 heavy (non-hydrogen) atoms. The normalized spacial score (nSPS) is 11.6. The molecule has 0 aliphatic carbocycles. The zero-order chi connectivity index (χ0) is 14.4. The van der Waals surface area contributed by atoms with Gasteiger partial charge in [-0.2, -0.15) is 0 Å². The summed E-state index contributed by atoms with van der Waals surface area (Å²) in [5.74, 6) is 0.758. The molecule has 0 fully saturated rings. The van der Waals surface area contributed by atoms with Crippen LogP contribution in [0.25, 0.3) is 10.9 Å². The number of hydrogen-bond acceptors (Lipinski definition) is 1. The first-order valence-electron chi connectivity index (χ1n) is 7.99. The fourth-order valence-corrected chi connectivity index (χ4v) is 2.68. The van der Waals surface area contributed by atoms with E-state index in [1.54, 1.807) is 0 Å². The second-order valence-corrected chi connectivity index (χ2v) is 6.00. The predicted octanol–water partition coefficient (Wildman–Crippen LogP) is 4.23. The van der Waals surface area contributed by atoms with Gasteiger partial charge in [0.15, 0.2) is 0 Å². The van der Waals surface area contributed by atoms with Gasteiger partial charge >= 0.3 is 0 Å². The molecule has 1 N–H and O–H groups in total. The fraction of sp³-hybridized carbons (Fsp3) is 0.556. The van der Waals surface area contributed by atoms with E-state index in [1.165, 1.54) is 35.7 Å². The first kappa shape index (κ1) is 15.1. The van der Waals surface area contributed by atoms with Crippen LogP contribution in [-0.4, -0.2) is 17.7 Å². The summed E-state index contributed by atoms with van der Waals surface area (Å²) < 4.78 is 2.44. The van der Waals surface area contributed by atoms with Crippen LogP contribution in [0.1, 0.15) is 39.2 Å². The molecule has 0 spiro atoms. The Labute approximate surface area is 123 Å². The van der Waals surface area contributed by atoms with Crippen LogP contribution in [0.15, 0.2) is 30.5 Å². The number of nitrogens with one attached hydrogen (secondary N) is 1. The molecule has 0 saturated carbocycles. The lowest BCUT2D eigenvalue weighted by atomic mass is 10.1. The molecule has 2 heteroatoms. The molecule has 2 nitrogen and oxygen atoms in total. The van der Waals surface area contributed by atoms with Gasteiger partial charge in [0.2, 0.25) is 0 Å². The summed E-state index contributed by atoms with van der Waals surface area (Å²) in [6.07, 6.45) is 6.00. The summed E-state index contributed by atoms with van der Waals surface area (Å²) in [5, 5.41) is 4.84. The summed E-state index contributed by atoms with van der Waals surface area (Å²) in [7, 11) is 0. The molecule has 110 valence electrons. The van der Waals surface area contributed by atoms with Crippen LogP contribution in [0.3, 0.4) is 0 Å². The van der Waals surface area contributed by atoms with E-state index in [2.05, 4.69) is 61.1 Å². The van der Waals surface area contributed by atoms with Crippen molar-refractivity contribution in [1.82, 2.24) is 9.88 Å². The lowest BCUT2D eigenvalue weighted by molar-refractivity contribution is 0.523. The van der Waals surface area contributed by atoms with Gasteiger partial charge in [0, 0.05) is 23.6 Å². The van der Waals surface area contributed by atoms with Crippen molar-refractivity contribution in [1.29, 1.82) is 0 Å². The van der Waals surface area contributed by atoms with Crippen LogP contribution < -0.4 is 5.32 Å². The number of nitrogens with zero attached hydrogens (tertiary/aromatic N) is 1. The standard InChI is InChI=1S/C18H28N2/c1-4-19-12-7-8-16-14-20(13-11-15(2)3)18-10-6-5-9-17(16)18/h5-6,9-10,14-15,19H,4,7-8,11-13H2,1-3H3. The highest BCUT2D eigenvalue weighted by atomic mass is 15.0. The van der Waals surface area contributed by atoms with E-state index in [1.807, 2.05) is 0 Å². The van der Waals surface area contributed by atoms with Crippen molar-refractivity contribution < 1.29 is 0 Å². The largest absolute Gasteiger partial charge is 0.347 e. The van der Waals surface area contributed by atoms with Crippen LogP contribution >= 0.6 is 0 Å². The van der Waals surface area contributed by atoms with Crippen LogP contribution in [0.2, 0.25) is 0 Å². The van der Waals surface area contributed by atoms with Crippen molar-refractivity contribution in [2.75, 3.05) is 13.1 Å². The maximum Gasteiger partial charge on any atom is 0.0483 e. The molecule has 0 saturated heterocycles.